The zero-order valence-corrected chi connectivity index (χ0v) is 12.9. The number of hydrogen-bond acceptors (Lipinski definition) is 4. The molecule has 0 saturated heterocycles. The van der Waals surface area contributed by atoms with Gasteiger partial charge in [-0.2, -0.15) is 0 Å². The Labute approximate surface area is 125 Å². The minimum atomic E-state index is -3.14. The molecular formula is C15H22N2O3S. The van der Waals surface area contributed by atoms with Crippen molar-refractivity contribution in [1.82, 2.24) is 0 Å². The van der Waals surface area contributed by atoms with E-state index in [0.717, 1.165) is 31.2 Å². The van der Waals surface area contributed by atoms with Crippen LogP contribution in [0.25, 0.3) is 0 Å². The summed E-state index contributed by atoms with van der Waals surface area (Å²) in [6, 6.07) is 7.22. The number of hydrogen-bond donors (Lipinski definition) is 2. The first-order chi connectivity index (χ1) is 10.0. The van der Waals surface area contributed by atoms with E-state index in [1.165, 1.54) is 0 Å². The van der Waals surface area contributed by atoms with Crippen LogP contribution < -0.4 is 11.1 Å². The molecule has 1 fully saturated rings. The van der Waals surface area contributed by atoms with Gasteiger partial charge in [0.1, 0.15) is 0 Å². The molecule has 2 rings (SSSR count). The van der Waals surface area contributed by atoms with E-state index in [1.807, 2.05) is 12.1 Å². The second-order valence-electron chi connectivity index (χ2n) is 5.47. The summed E-state index contributed by atoms with van der Waals surface area (Å²) in [5, 5.41) is 2.47. The van der Waals surface area contributed by atoms with Gasteiger partial charge < -0.3 is 11.1 Å². The smallest absolute Gasteiger partial charge is 0.225 e. The first kappa shape index (κ1) is 16.0. The number of rotatable bonds is 6. The summed E-state index contributed by atoms with van der Waals surface area (Å²) in [6.07, 6.45) is 3.44. The van der Waals surface area contributed by atoms with Crippen molar-refractivity contribution in [3.8, 4) is 0 Å². The lowest BCUT2D eigenvalue weighted by Crippen LogP contribution is -2.24. The molecule has 116 valence electrons. The first-order valence-electron chi connectivity index (χ1n) is 7.32. The fourth-order valence-electron chi connectivity index (χ4n) is 2.60. The molecule has 0 bridgehead atoms. The van der Waals surface area contributed by atoms with E-state index in [1.54, 1.807) is 12.1 Å². The SMILES string of the molecule is NCc1ccc(NC(=O)CCS(=O)(=O)C2CCCC2)cc1. The highest BCUT2D eigenvalue weighted by molar-refractivity contribution is 7.92. The second kappa shape index (κ2) is 7.04. The topological polar surface area (TPSA) is 89.3 Å². The van der Waals surface area contributed by atoms with Crippen LogP contribution in [0.3, 0.4) is 0 Å². The number of carbonyl (C=O) groups is 1. The van der Waals surface area contributed by atoms with Gasteiger partial charge in [0, 0.05) is 18.7 Å². The number of anilines is 1. The van der Waals surface area contributed by atoms with E-state index in [2.05, 4.69) is 5.32 Å². The molecule has 0 aromatic heterocycles. The Bertz CT molecular complexity index is 575. The van der Waals surface area contributed by atoms with Crippen molar-refractivity contribution >= 4 is 21.4 Å². The zero-order chi connectivity index (χ0) is 15.3. The van der Waals surface area contributed by atoms with Crippen molar-refractivity contribution in [2.24, 2.45) is 5.73 Å². The van der Waals surface area contributed by atoms with Crippen molar-refractivity contribution in [3.63, 3.8) is 0 Å². The van der Waals surface area contributed by atoms with Crippen LogP contribution in [0, 0.1) is 0 Å². The third-order valence-corrected chi connectivity index (χ3v) is 6.16. The summed E-state index contributed by atoms with van der Waals surface area (Å²) in [5.41, 5.74) is 7.15. The maximum atomic E-state index is 12.1. The molecule has 1 saturated carbocycles. The average molecular weight is 310 g/mol. The lowest BCUT2D eigenvalue weighted by Gasteiger charge is -2.11. The van der Waals surface area contributed by atoms with Crippen LogP contribution in [0.1, 0.15) is 37.7 Å². The number of benzene rings is 1. The van der Waals surface area contributed by atoms with Crippen LogP contribution in [-0.2, 0) is 21.2 Å². The molecule has 3 N–H and O–H groups in total. The molecule has 5 nitrogen and oxygen atoms in total. The van der Waals surface area contributed by atoms with Gasteiger partial charge in [-0.15, -0.1) is 0 Å². The predicted octanol–water partition coefficient (Wildman–Crippen LogP) is 1.83. The number of nitrogens with one attached hydrogen (secondary N) is 1. The number of amides is 1. The van der Waals surface area contributed by atoms with E-state index in [4.69, 9.17) is 5.73 Å². The van der Waals surface area contributed by atoms with E-state index in [9.17, 15) is 13.2 Å². The standard InChI is InChI=1S/C15H22N2O3S/c16-11-12-5-7-13(8-6-12)17-15(18)9-10-21(19,20)14-3-1-2-4-14/h5-8,14H,1-4,9-11,16H2,(H,17,18). The lowest BCUT2D eigenvalue weighted by atomic mass is 10.2. The molecule has 0 spiro atoms. The van der Waals surface area contributed by atoms with Crippen molar-refractivity contribution < 1.29 is 13.2 Å². The van der Waals surface area contributed by atoms with Crippen LogP contribution in [0.15, 0.2) is 24.3 Å². The zero-order valence-electron chi connectivity index (χ0n) is 12.0. The lowest BCUT2D eigenvalue weighted by molar-refractivity contribution is -0.115. The Kier molecular flexibility index (Phi) is 5.36. The molecule has 0 atom stereocenters. The van der Waals surface area contributed by atoms with E-state index >= 15 is 0 Å². The van der Waals surface area contributed by atoms with Gasteiger partial charge in [0.05, 0.1) is 11.0 Å². The largest absolute Gasteiger partial charge is 0.326 e. The van der Waals surface area contributed by atoms with Crippen molar-refractivity contribution in [3.05, 3.63) is 29.8 Å². The summed E-state index contributed by atoms with van der Waals surface area (Å²) in [7, 11) is -3.14. The summed E-state index contributed by atoms with van der Waals surface area (Å²) >= 11 is 0. The molecule has 0 radical (unpaired) electrons. The minimum Gasteiger partial charge on any atom is -0.326 e. The molecule has 0 unspecified atom stereocenters. The molecule has 0 heterocycles. The highest BCUT2D eigenvalue weighted by atomic mass is 32.2. The van der Waals surface area contributed by atoms with Gasteiger partial charge in [-0.1, -0.05) is 25.0 Å². The van der Waals surface area contributed by atoms with Gasteiger partial charge >= 0.3 is 0 Å². The second-order valence-corrected chi connectivity index (χ2v) is 7.87. The van der Waals surface area contributed by atoms with E-state index < -0.39 is 9.84 Å². The average Bonchev–Trinajstić information content (AvgIpc) is 3.01. The Morgan fingerprint density at radius 2 is 1.81 bits per heavy atom. The third-order valence-electron chi connectivity index (χ3n) is 3.90. The molecule has 21 heavy (non-hydrogen) atoms. The molecule has 1 aromatic rings. The Balaban J connectivity index is 1.83. The van der Waals surface area contributed by atoms with Gasteiger partial charge in [0.15, 0.2) is 9.84 Å². The fraction of sp³-hybridized carbons (Fsp3) is 0.533. The van der Waals surface area contributed by atoms with Crippen LogP contribution in [0.2, 0.25) is 0 Å². The van der Waals surface area contributed by atoms with Crippen molar-refractivity contribution in [1.29, 1.82) is 0 Å². The maximum Gasteiger partial charge on any atom is 0.225 e. The molecule has 0 aliphatic heterocycles. The Morgan fingerprint density at radius 3 is 2.38 bits per heavy atom. The molecule has 1 aliphatic carbocycles. The summed E-state index contributed by atoms with van der Waals surface area (Å²) < 4.78 is 24.2. The van der Waals surface area contributed by atoms with Crippen LogP contribution in [0.5, 0.6) is 0 Å². The quantitative estimate of drug-likeness (QED) is 0.839. The summed E-state index contributed by atoms with van der Waals surface area (Å²) in [4.78, 5) is 11.8. The molecule has 1 aromatic carbocycles. The molecule has 1 amide bonds. The normalized spacial score (nSPS) is 16.0. The molecule has 1 aliphatic rings. The highest BCUT2D eigenvalue weighted by Crippen LogP contribution is 2.25. The Hall–Kier alpha value is -1.40. The van der Waals surface area contributed by atoms with Gasteiger partial charge in [0.25, 0.3) is 0 Å². The highest BCUT2D eigenvalue weighted by Gasteiger charge is 2.28. The van der Waals surface area contributed by atoms with E-state index in [-0.39, 0.29) is 23.3 Å². The Morgan fingerprint density at radius 1 is 1.19 bits per heavy atom. The monoisotopic (exact) mass is 310 g/mol. The van der Waals surface area contributed by atoms with E-state index in [0.29, 0.717) is 12.2 Å². The van der Waals surface area contributed by atoms with Gasteiger partial charge in [-0.05, 0) is 30.5 Å². The number of nitrogens with two attached hydrogens (primary N) is 1. The number of carbonyl (C=O) groups excluding carboxylic acids is 1. The van der Waals surface area contributed by atoms with Crippen molar-refractivity contribution in [2.75, 3.05) is 11.1 Å². The van der Waals surface area contributed by atoms with Gasteiger partial charge in [0.2, 0.25) is 5.91 Å². The fourth-order valence-corrected chi connectivity index (χ4v) is 4.45. The van der Waals surface area contributed by atoms with Crippen LogP contribution in [0.4, 0.5) is 5.69 Å². The first-order valence-corrected chi connectivity index (χ1v) is 9.03. The minimum absolute atomic E-state index is 0.0114. The summed E-state index contributed by atoms with van der Waals surface area (Å²) in [5.74, 6) is -0.332. The maximum absolute atomic E-state index is 12.1. The number of sulfone groups is 1. The predicted molar refractivity (Wildman–Crippen MR) is 83.6 cm³/mol. The van der Waals surface area contributed by atoms with Gasteiger partial charge in [-0.3, -0.25) is 4.79 Å². The third kappa shape index (κ3) is 4.54. The van der Waals surface area contributed by atoms with Crippen LogP contribution in [-0.4, -0.2) is 25.3 Å². The molecule has 6 heteroatoms. The van der Waals surface area contributed by atoms with Crippen LogP contribution >= 0.6 is 0 Å². The van der Waals surface area contributed by atoms with Gasteiger partial charge in [-0.25, -0.2) is 8.42 Å². The van der Waals surface area contributed by atoms with Crippen molar-refractivity contribution in [2.45, 2.75) is 43.9 Å². The summed E-state index contributed by atoms with van der Waals surface area (Å²) in [6.45, 7) is 0.452. The molecular weight excluding hydrogens is 288 g/mol.